The van der Waals surface area contributed by atoms with Crippen molar-refractivity contribution in [1.82, 2.24) is 19.9 Å². The Balaban J connectivity index is 1.35. The van der Waals surface area contributed by atoms with Gasteiger partial charge in [-0.25, -0.2) is 4.39 Å². The van der Waals surface area contributed by atoms with Crippen LogP contribution < -0.4 is 0 Å². The van der Waals surface area contributed by atoms with Gasteiger partial charge in [-0.1, -0.05) is 36.6 Å². The number of benzene rings is 1. The standard InChI is InChI=1S/C20H21FN4O2/c21-15-8-6-13(7-9-15)18-11-25-16(12-26-18)10-17(23-25)20-22-19(24-27-20)14-4-2-1-3-5-14/h6-10,14,18H,1-5,11-12H2/t18-/m0/s1. The highest BCUT2D eigenvalue weighted by atomic mass is 19.1. The van der Waals surface area contributed by atoms with E-state index < -0.39 is 0 Å². The van der Waals surface area contributed by atoms with Crippen molar-refractivity contribution in [3.05, 3.63) is 53.2 Å². The minimum Gasteiger partial charge on any atom is -0.365 e. The lowest BCUT2D eigenvalue weighted by Crippen LogP contribution is -2.21. The molecule has 0 amide bonds. The van der Waals surface area contributed by atoms with E-state index in [1.807, 2.05) is 10.7 Å². The maximum absolute atomic E-state index is 13.1. The second-order valence-electron chi connectivity index (χ2n) is 7.35. The van der Waals surface area contributed by atoms with E-state index >= 15 is 0 Å². The predicted octanol–water partition coefficient (Wildman–Crippen LogP) is 4.39. The van der Waals surface area contributed by atoms with Crippen molar-refractivity contribution >= 4 is 0 Å². The molecule has 1 saturated carbocycles. The van der Waals surface area contributed by atoms with Gasteiger partial charge in [-0.15, -0.1) is 0 Å². The number of ether oxygens (including phenoxy) is 1. The molecule has 0 bridgehead atoms. The Kier molecular flexibility index (Phi) is 4.24. The van der Waals surface area contributed by atoms with Crippen LogP contribution in [0.4, 0.5) is 4.39 Å². The van der Waals surface area contributed by atoms with Gasteiger partial charge >= 0.3 is 0 Å². The molecule has 0 N–H and O–H groups in total. The number of halogens is 1. The maximum Gasteiger partial charge on any atom is 0.278 e. The fourth-order valence-electron chi connectivity index (χ4n) is 3.97. The van der Waals surface area contributed by atoms with Crippen LogP contribution in [0.3, 0.4) is 0 Å². The molecule has 7 heteroatoms. The molecule has 2 aromatic heterocycles. The van der Waals surface area contributed by atoms with E-state index in [0.29, 0.717) is 30.7 Å². The van der Waals surface area contributed by atoms with Crippen LogP contribution in [0.1, 0.15) is 61.2 Å². The zero-order valence-electron chi connectivity index (χ0n) is 15.0. The molecule has 0 radical (unpaired) electrons. The molecule has 140 valence electrons. The van der Waals surface area contributed by atoms with Crippen molar-refractivity contribution in [2.45, 2.75) is 57.3 Å². The summed E-state index contributed by atoms with van der Waals surface area (Å²) in [6, 6.07) is 8.36. The van der Waals surface area contributed by atoms with Gasteiger partial charge in [-0.05, 0) is 36.6 Å². The quantitative estimate of drug-likeness (QED) is 0.686. The van der Waals surface area contributed by atoms with Gasteiger partial charge in [0.2, 0.25) is 0 Å². The maximum atomic E-state index is 13.1. The summed E-state index contributed by atoms with van der Waals surface area (Å²) in [6.45, 7) is 1.02. The van der Waals surface area contributed by atoms with Crippen molar-refractivity contribution in [3.63, 3.8) is 0 Å². The summed E-state index contributed by atoms with van der Waals surface area (Å²) in [5, 5.41) is 8.83. The first-order valence-corrected chi connectivity index (χ1v) is 9.54. The monoisotopic (exact) mass is 368 g/mol. The van der Waals surface area contributed by atoms with Gasteiger partial charge in [-0.2, -0.15) is 10.1 Å². The number of hydrogen-bond donors (Lipinski definition) is 0. The lowest BCUT2D eigenvalue weighted by Gasteiger charge is -2.24. The first-order valence-electron chi connectivity index (χ1n) is 9.54. The molecule has 1 aliphatic heterocycles. The largest absolute Gasteiger partial charge is 0.365 e. The van der Waals surface area contributed by atoms with Crippen molar-refractivity contribution in [2.24, 2.45) is 0 Å². The number of aromatic nitrogens is 4. The smallest absolute Gasteiger partial charge is 0.278 e. The third-order valence-corrected chi connectivity index (χ3v) is 5.51. The molecule has 1 atom stereocenters. The predicted molar refractivity (Wildman–Crippen MR) is 95.3 cm³/mol. The van der Waals surface area contributed by atoms with Gasteiger partial charge in [0.25, 0.3) is 5.89 Å². The molecular formula is C20H21FN4O2. The van der Waals surface area contributed by atoms with Crippen LogP contribution in [0.15, 0.2) is 34.9 Å². The Labute approximate surface area is 156 Å². The molecule has 2 aliphatic rings. The fourth-order valence-corrected chi connectivity index (χ4v) is 3.97. The minimum atomic E-state index is -0.248. The first-order chi connectivity index (χ1) is 13.3. The summed E-state index contributed by atoms with van der Waals surface area (Å²) in [5.41, 5.74) is 2.60. The number of nitrogens with zero attached hydrogens (tertiary/aromatic N) is 4. The zero-order chi connectivity index (χ0) is 18.2. The molecule has 3 aromatic rings. The van der Waals surface area contributed by atoms with E-state index in [1.165, 1.54) is 31.4 Å². The minimum absolute atomic E-state index is 0.147. The van der Waals surface area contributed by atoms with Crippen LogP contribution in [0.5, 0.6) is 0 Å². The summed E-state index contributed by atoms with van der Waals surface area (Å²) < 4.78 is 26.5. The van der Waals surface area contributed by atoms with Crippen LogP contribution in [-0.4, -0.2) is 19.9 Å². The van der Waals surface area contributed by atoms with Gasteiger partial charge in [-0.3, -0.25) is 4.68 Å². The molecule has 0 saturated heterocycles. The lowest BCUT2D eigenvalue weighted by molar-refractivity contribution is -0.00116. The Morgan fingerprint density at radius 2 is 1.89 bits per heavy atom. The molecule has 1 aromatic carbocycles. The van der Waals surface area contributed by atoms with E-state index in [0.717, 1.165) is 29.9 Å². The van der Waals surface area contributed by atoms with Crippen molar-refractivity contribution in [3.8, 4) is 11.6 Å². The van der Waals surface area contributed by atoms with Crippen LogP contribution in [-0.2, 0) is 17.9 Å². The van der Waals surface area contributed by atoms with E-state index in [-0.39, 0.29) is 11.9 Å². The summed E-state index contributed by atoms with van der Waals surface area (Å²) >= 11 is 0. The van der Waals surface area contributed by atoms with Crippen LogP contribution >= 0.6 is 0 Å². The van der Waals surface area contributed by atoms with Crippen molar-refractivity contribution < 1.29 is 13.7 Å². The Bertz CT molecular complexity index is 928. The average Bonchev–Trinajstić information content (AvgIpc) is 3.36. The summed E-state index contributed by atoms with van der Waals surface area (Å²) in [6.07, 6.45) is 5.87. The Hall–Kier alpha value is -2.54. The first kappa shape index (κ1) is 16.6. The summed E-state index contributed by atoms with van der Waals surface area (Å²) in [7, 11) is 0. The summed E-state index contributed by atoms with van der Waals surface area (Å²) in [4.78, 5) is 4.60. The molecule has 0 spiro atoms. The van der Waals surface area contributed by atoms with Gasteiger partial charge in [0.05, 0.1) is 18.8 Å². The molecule has 3 heterocycles. The highest BCUT2D eigenvalue weighted by Crippen LogP contribution is 2.33. The molecule has 1 aliphatic carbocycles. The number of fused-ring (bicyclic) bond motifs is 1. The molecule has 6 nitrogen and oxygen atoms in total. The number of rotatable bonds is 3. The molecule has 5 rings (SSSR count). The van der Waals surface area contributed by atoms with Crippen molar-refractivity contribution in [2.75, 3.05) is 0 Å². The second kappa shape index (κ2) is 6.88. The van der Waals surface area contributed by atoms with Gasteiger partial charge in [0.1, 0.15) is 11.9 Å². The molecule has 27 heavy (non-hydrogen) atoms. The second-order valence-corrected chi connectivity index (χ2v) is 7.35. The normalized spacial score (nSPS) is 20.6. The Morgan fingerprint density at radius 3 is 2.70 bits per heavy atom. The highest BCUT2D eigenvalue weighted by Gasteiger charge is 2.26. The van der Waals surface area contributed by atoms with Gasteiger partial charge < -0.3 is 9.26 Å². The molecular weight excluding hydrogens is 347 g/mol. The van der Waals surface area contributed by atoms with Crippen LogP contribution in [0.25, 0.3) is 11.6 Å². The van der Waals surface area contributed by atoms with Gasteiger partial charge in [0, 0.05) is 5.92 Å². The summed E-state index contributed by atoms with van der Waals surface area (Å²) in [5.74, 6) is 1.42. The SMILES string of the molecule is Fc1ccc([C@@H]2Cn3nc(-c4nc(C5CCCCC5)no4)cc3CO2)cc1. The van der Waals surface area contributed by atoms with E-state index in [2.05, 4.69) is 15.2 Å². The van der Waals surface area contributed by atoms with Crippen LogP contribution in [0, 0.1) is 5.82 Å². The molecule has 0 unspecified atom stereocenters. The van der Waals surface area contributed by atoms with Crippen molar-refractivity contribution in [1.29, 1.82) is 0 Å². The van der Waals surface area contributed by atoms with E-state index in [4.69, 9.17) is 9.26 Å². The number of hydrogen-bond acceptors (Lipinski definition) is 5. The Morgan fingerprint density at radius 1 is 1.07 bits per heavy atom. The fraction of sp³-hybridized carbons (Fsp3) is 0.450. The average molecular weight is 368 g/mol. The van der Waals surface area contributed by atoms with Gasteiger partial charge in [0.15, 0.2) is 11.5 Å². The third kappa shape index (κ3) is 3.27. The topological polar surface area (TPSA) is 66.0 Å². The lowest BCUT2D eigenvalue weighted by atomic mass is 9.89. The third-order valence-electron chi connectivity index (χ3n) is 5.51. The van der Waals surface area contributed by atoms with E-state index in [1.54, 1.807) is 12.1 Å². The van der Waals surface area contributed by atoms with Crippen LogP contribution in [0.2, 0.25) is 0 Å². The highest BCUT2D eigenvalue weighted by molar-refractivity contribution is 5.47. The zero-order valence-corrected chi connectivity index (χ0v) is 15.0. The molecule has 1 fully saturated rings. The van der Waals surface area contributed by atoms with E-state index in [9.17, 15) is 4.39 Å².